The minimum atomic E-state index is -0.246. The van der Waals surface area contributed by atoms with Gasteiger partial charge in [-0.25, -0.2) is 0 Å². The van der Waals surface area contributed by atoms with E-state index in [0.717, 1.165) is 11.3 Å². The van der Waals surface area contributed by atoms with E-state index in [1.54, 1.807) is 18.2 Å². The van der Waals surface area contributed by atoms with Crippen LogP contribution in [-0.4, -0.2) is 25.7 Å². The van der Waals surface area contributed by atoms with Gasteiger partial charge >= 0.3 is 0 Å². The average Bonchev–Trinajstić information content (AvgIpc) is 2.58. The molecular formula is C20H25NO4. The predicted molar refractivity (Wildman–Crippen MR) is 97.5 cm³/mol. The van der Waals surface area contributed by atoms with Gasteiger partial charge in [-0.3, -0.25) is 4.79 Å². The van der Waals surface area contributed by atoms with Crippen molar-refractivity contribution in [3.8, 4) is 17.2 Å². The molecule has 0 saturated heterocycles. The van der Waals surface area contributed by atoms with E-state index in [4.69, 9.17) is 14.2 Å². The molecule has 0 fully saturated rings. The predicted octanol–water partition coefficient (Wildman–Crippen LogP) is 3.81. The minimum Gasteiger partial charge on any atom is -0.496 e. The van der Waals surface area contributed by atoms with Gasteiger partial charge < -0.3 is 19.5 Å². The molecular weight excluding hydrogens is 318 g/mol. The Morgan fingerprint density at radius 1 is 0.960 bits per heavy atom. The fourth-order valence-corrected chi connectivity index (χ4v) is 2.37. The fraction of sp³-hybridized carbons (Fsp3) is 0.350. The molecule has 0 heterocycles. The molecule has 2 rings (SSSR count). The van der Waals surface area contributed by atoms with Gasteiger partial charge in [-0.2, -0.15) is 0 Å². The zero-order valence-electron chi connectivity index (χ0n) is 15.4. The van der Waals surface area contributed by atoms with Gasteiger partial charge in [-0.15, -0.1) is 0 Å². The molecule has 0 aliphatic rings. The van der Waals surface area contributed by atoms with E-state index in [1.807, 2.05) is 45.0 Å². The largest absolute Gasteiger partial charge is 0.496 e. The molecule has 1 amide bonds. The summed E-state index contributed by atoms with van der Waals surface area (Å²) in [6, 6.07) is 12.9. The van der Waals surface area contributed by atoms with Gasteiger partial charge in [-0.05, 0) is 50.6 Å². The standard InChI is InChI=1S/C20H25NO4/c1-20(2,3)25-15-11-9-14(10-12-15)13-21-19(22)18-16(23-4)7-6-8-17(18)24-5/h6-12H,13H2,1-5H3,(H,21,22). The molecule has 0 atom stereocenters. The number of nitrogens with one attached hydrogen (secondary N) is 1. The topological polar surface area (TPSA) is 56.8 Å². The lowest BCUT2D eigenvalue weighted by atomic mass is 10.1. The van der Waals surface area contributed by atoms with Crippen LogP contribution >= 0.6 is 0 Å². The molecule has 1 N–H and O–H groups in total. The number of rotatable bonds is 6. The Morgan fingerprint density at radius 3 is 2.00 bits per heavy atom. The SMILES string of the molecule is COc1cccc(OC)c1C(=O)NCc1ccc(OC(C)(C)C)cc1. The molecule has 0 aliphatic carbocycles. The maximum Gasteiger partial charge on any atom is 0.259 e. The number of carbonyl (C=O) groups excluding carboxylic acids is 1. The lowest BCUT2D eigenvalue weighted by molar-refractivity contribution is 0.0944. The summed E-state index contributed by atoms with van der Waals surface area (Å²) in [6.45, 7) is 6.40. The van der Waals surface area contributed by atoms with E-state index in [9.17, 15) is 4.79 Å². The molecule has 0 aromatic heterocycles. The normalized spacial score (nSPS) is 10.9. The van der Waals surface area contributed by atoms with E-state index >= 15 is 0 Å². The maximum atomic E-state index is 12.5. The van der Waals surface area contributed by atoms with Gasteiger partial charge in [0, 0.05) is 6.54 Å². The summed E-state index contributed by atoms with van der Waals surface area (Å²) in [7, 11) is 3.05. The van der Waals surface area contributed by atoms with E-state index in [1.165, 1.54) is 14.2 Å². The second-order valence-electron chi connectivity index (χ2n) is 6.58. The summed E-state index contributed by atoms with van der Waals surface area (Å²) < 4.78 is 16.3. The third-order valence-corrected chi connectivity index (χ3v) is 3.46. The Bertz CT molecular complexity index is 695. The highest BCUT2D eigenvalue weighted by molar-refractivity contribution is 5.99. The minimum absolute atomic E-state index is 0.240. The molecule has 5 nitrogen and oxygen atoms in total. The third kappa shape index (κ3) is 5.14. The summed E-state index contributed by atoms with van der Waals surface area (Å²) >= 11 is 0. The first-order chi connectivity index (χ1) is 11.8. The summed E-state index contributed by atoms with van der Waals surface area (Å²) in [5.74, 6) is 1.51. The van der Waals surface area contributed by atoms with Gasteiger partial charge in [0.15, 0.2) is 0 Å². The van der Waals surface area contributed by atoms with Crippen LogP contribution in [0.3, 0.4) is 0 Å². The van der Waals surface area contributed by atoms with Crippen molar-refractivity contribution >= 4 is 5.91 Å². The Kier molecular flexibility index (Phi) is 5.91. The molecule has 0 saturated carbocycles. The van der Waals surface area contributed by atoms with E-state index < -0.39 is 0 Å². The molecule has 25 heavy (non-hydrogen) atoms. The van der Waals surface area contributed by atoms with Crippen LogP contribution in [0.15, 0.2) is 42.5 Å². The van der Waals surface area contributed by atoms with Crippen LogP contribution < -0.4 is 19.5 Å². The smallest absolute Gasteiger partial charge is 0.259 e. The number of hydrogen-bond donors (Lipinski definition) is 1. The van der Waals surface area contributed by atoms with Crippen molar-refractivity contribution in [1.29, 1.82) is 0 Å². The summed E-state index contributed by atoms with van der Waals surface area (Å²) in [4.78, 5) is 12.5. The molecule has 2 aromatic carbocycles. The van der Waals surface area contributed by atoms with Crippen molar-refractivity contribution < 1.29 is 19.0 Å². The number of benzene rings is 2. The van der Waals surface area contributed by atoms with E-state index in [-0.39, 0.29) is 11.5 Å². The molecule has 0 spiro atoms. The second-order valence-corrected chi connectivity index (χ2v) is 6.58. The monoisotopic (exact) mass is 343 g/mol. The van der Waals surface area contributed by atoms with Crippen LogP contribution in [0, 0.1) is 0 Å². The van der Waals surface area contributed by atoms with Gasteiger partial charge in [0.05, 0.1) is 14.2 Å². The number of methoxy groups -OCH3 is 2. The van der Waals surface area contributed by atoms with Gasteiger partial charge in [0.25, 0.3) is 5.91 Å². The van der Waals surface area contributed by atoms with Gasteiger partial charge in [0.2, 0.25) is 0 Å². The lowest BCUT2D eigenvalue weighted by Crippen LogP contribution is -2.24. The van der Waals surface area contributed by atoms with Crippen LogP contribution in [0.1, 0.15) is 36.7 Å². The summed E-state index contributed by atoms with van der Waals surface area (Å²) in [5.41, 5.74) is 1.12. The first-order valence-electron chi connectivity index (χ1n) is 8.11. The highest BCUT2D eigenvalue weighted by Crippen LogP contribution is 2.28. The van der Waals surface area contributed by atoms with Crippen LogP contribution in [0.4, 0.5) is 0 Å². The first-order valence-corrected chi connectivity index (χ1v) is 8.11. The Balaban J connectivity index is 2.05. The highest BCUT2D eigenvalue weighted by atomic mass is 16.5. The van der Waals surface area contributed by atoms with Crippen LogP contribution in [0.25, 0.3) is 0 Å². The average molecular weight is 343 g/mol. The third-order valence-electron chi connectivity index (χ3n) is 3.46. The van der Waals surface area contributed by atoms with Crippen LogP contribution in [0.5, 0.6) is 17.2 Å². The van der Waals surface area contributed by atoms with Gasteiger partial charge in [-0.1, -0.05) is 18.2 Å². The molecule has 0 radical (unpaired) electrons. The van der Waals surface area contributed by atoms with Crippen molar-refractivity contribution in [2.45, 2.75) is 32.9 Å². The maximum absolute atomic E-state index is 12.5. The number of ether oxygens (including phenoxy) is 3. The molecule has 2 aromatic rings. The van der Waals surface area contributed by atoms with Crippen molar-refractivity contribution in [3.63, 3.8) is 0 Å². The van der Waals surface area contributed by atoms with Crippen molar-refractivity contribution in [1.82, 2.24) is 5.32 Å². The number of hydrogen-bond acceptors (Lipinski definition) is 4. The Labute approximate surface area is 148 Å². The van der Waals surface area contributed by atoms with Crippen molar-refractivity contribution in [2.75, 3.05) is 14.2 Å². The van der Waals surface area contributed by atoms with E-state index in [2.05, 4.69) is 5.32 Å². The number of carbonyl (C=O) groups is 1. The Morgan fingerprint density at radius 2 is 1.52 bits per heavy atom. The lowest BCUT2D eigenvalue weighted by Gasteiger charge is -2.21. The highest BCUT2D eigenvalue weighted by Gasteiger charge is 2.18. The first kappa shape index (κ1) is 18.6. The number of amides is 1. The molecule has 0 bridgehead atoms. The Hall–Kier alpha value is -2.69. The summed E-state index contributed by atoms with van der Waals surface area (Å²) in [5, 5.41) is 2.89. The molecule has 0 unspecified atom stereocenters. The van der Waals surface area contributed by atoms with E-state index in [0.29, 0.717) is 23.6 Å². The van der Waals surface area contributed by atoms with Crippen molar-refractivity contribution in [3.05, 3.63) is 53.6 Å². The zero-order chi connectivity index (χ0) is 18.4. The zero-order valence-corrected chi connectivity index (χ0v) is 15.4. The second kappa shape index (κ2) is 7.92. The van der Waals surface area contributed by atoms with Crippen molar-refractivity contribution in [2.24, 2.45) is 0 Å². The molecule has 134 valence electrons. The molecule has 0 aliphatic heterocycles. The molecule has 5 heteroatoms. The summed E-state index contributed by atoms with van der Waals surface area (Å²) in [6.07, 6.45) is 0. The van der Waals surface area contributed by atoms with Gasteiger partial charge in [0.1, 0.15) is 28.4 Å². The fourth-order valence-electron chi connectivity index (χ4n) is 2.37. The quantitative estimate of drug-likeness (QED) is 0.866. The van der Waals surface area contributed by atoms with Crippen LogP contribution in [-0.2, 0) is 6.54 Å². The van der Waals surface area contributed by atoms with Crippen LogP contribution in [0.2, 0.25) is 0 Å².